The Bertz CT molecular complexity index is 305. The van der Waals surface area contributed by atoms with E-state index in [1.54, 1.807) is 0 Å². The Morgan fingerprint density at radius 2 is 1.09 bits per heavy atom. The molecule has 0 aromatic rings. The summed E-state index contributed by atoms with van der Waals surface area (Å²) in [5.41, 5.74) is 1.49. The number of allylic oxidation sites excluding steroid dienone is 2. The van der Waals surface area contributed by atoms with Gasteiger partial charge in [0.15, 0.2) is 16.6 Å². The maximum absolute atomic E-state index is 6.90. The molecule has 0 saturated carbocycles. The van der Waals surface area contributed by atoms with Gasteiger partial charge in [-0.3, -0.25) is 0 Å². The highest BCUT2D eigenvalue weighted by Crippen LogP contribution is 2.36. The van der Waals surface area contributed by atoms with Crippen LogP contribution in [0.4, 0.5) is 0 Å². The second-order valence-electron chi connectivity index (χ2n) is 8.26. The smallest absolute Gasteiger partial charge is 0.176 e. The van der Waals surface area contributed by atoms with Crippen LogP contribution in [0.2, 0.25) is 37.3 Å². The van der Waals surface area contributed by atoms with Gasteiger partial charge in [-0.25, -0.2) is 0 Å². The molecule has 0 amide bonds. The van der Waals surface area contributed by atoms with Gasteiger partial charge in [-0.15, -0.1) is 13.2 Å². The molecule has 2 atom stereocenters. The number of unbranched alkanes of at least 4 members (excludes halogenated alkanes) is 4. The van der Waals surface area contributed by atoms with E-state index in [9.17, 15) is 0 Å². The molecule has 0 aromatic heterocycles. The minimum atomic E-state index is -1.60. The van der Waals surface area contributed by atoms with Crippen LogP contribution in [0, 0.1) is 0 Å². The third-order valence-electron chi connectivity index (χ3n) is 5.49. The average molecular weight is 355 g/mol. The predicted octanol–water partition coefficient (Wildman–Crippen LogP) is 7.69. The lowest BCUT2D eigenvalue weighted by atomic mass is 10.1. The molecule has 0 heterocycles. The fraction of sp³-hybridized carbons (Fsp3) is 0.800. The van der Waals surface area contributed by atoms with Gasteiger partial charge in [0.05, 0.1) is 0 Å². The maximum atomic E-state index is 6.90. The Labute approximate surface area is 148 Å². The first-order valence-corrected chi connectivity index (χ1v) is 15.6. The van der Waals surface area contributed by atoms with Crippen molar-refractivity contribution in [3.63, 3.8) is 0 Å². The van der Waals surface area contributed by atoms with Crippen molar-refractivity contribution in [2.24, 2.45) is 0 Å². The van der Waals surface area contributed by atoms with Gasteiger partial charge in [-0.1, -0.05) is 51.7 Å². The Kier molecular flexibility index (Phi) is 11.4. The first kappa shape index (κ1) is 22.9. The van der Waals surface area contributed by atoms with Crippen molar-refractivity contribution in [2.45, 2.75) is 102 Å². The maximum Gasteiger partial charge on any atom is 0.176 e. The Balaban J connectivity index is 4.40. The lowest BCUT2D eigenvalue weighted by Crippen LogP contribution is -2.48. The van der Waals surface area contributed by atoms with E-state index in [2.05, 4.69) is 53.2 Å². The van der Waals surface area contributed by atoms with Crippen molar-refractivity contribution in [3.8, 4) is 0 Å². The number of hydrogen-bond donors (Lipinski definition) is 0. The summed E-state index contributed by atoms with van der Waals surface area (Å²) in [6, 6.07) is 0. The van der Waals surface area contributed by atoms with E-state index in [-0.39, 0.29) is 0 Å². The van der Waals surface area contributed by atoms with Gasteiger partial charge in [-0.2, -0.15) is 0 Å². The van der Waals surface area contributed by atoms with Crippen molar-refractivity contribution in [1.29, 1.82) is 0 Å². The second-order valence-corrected chi connectivity index (χ2v) is 17.5. The van der Waals surface area contributed by atoms with Crippen LogP contribution >= 0.6 is 0 Å². The summed E-state index contributed by atoms with van der Waals surface area (Å²) in [5, 5.41) is 0. The van der Waals surface area contributed by atoms with Crippen molar-refractivity contribution in [1.82, 2.24) is 0 Å². The molecule has 136 valence electrons. The Morgan fingerprint density at radius 1 is 0.739 bits per heavy atom. The zero-order valence-electron chi connectivity index (χ0n) is 16.8. The van der Waals surface area contributed by atoms with Gasteiger partial charge in [-0.05, 0) is 63.0 Å². The summed E-state index contributed by atoms with van der Waals surface area (Å²) in [7, 11) is -3.20. The standard InChI is InChI=1S/C20H42OSi2/c1-9-11-13-15-17-19(3)22(5,6)21-23(7,8)20(4)18-16-14-12-10-2/h9-10,19-20H,1-2,11-18H2,3-8H3. The predicted molar refractivity (Wildman–Crippen MR) is 112 cm³/mol. The van der Waals surface area contributed by atoms with Crippen LogP contribution in [0.3, 0.4) is 0 Å². The Hall–Kier alpha value is -0.126. The molecule has 0 spiro atoms. The van der Waals surface area contributed by atoms with Crippen LogP contribution in [-0.4, -0.2) is 16.6 Å². The summed E-state index contributed by atoms with van der Waals surface area (Å²) in [6.45, 7) is 22.2. The van der Waals surface area contributed by atoms with Gasteiger partial charge in [0.1, 0.15) is 0 Å². The van der Waals surface area contributed by atoms with E-state index in [0.717, 1.165) is 23.9 Å². The van der Waals surface area contributed by atoms with Gasteiger partial charge in [0.25, 0.3) is 0 Å². The monoisotopic (exact) mass is 354 g/mol. The average Bonchev–Trinajstić information content (AvgIpc) is 2.46. The molecule has 0 aliphatic heterocycles. The van der Waals surface area contributed by atoms with E-state index < -0.39 is 16.6 Å². The van der Waals surface area contributed by atoms with Crippen molar-refractivity contribution in [3.05, 3.63) is 25.3 Å². The summed E-state index contributed by atoms with van der Waals surface area (Å²) >= 11 is 0. The highest BCUT2D eigenvalue weighted by atomic mass is 28.4. The molecule has 2 unspecified atom stereocenters. The molecule has 0 N–H and O–H groups in total. The lowest BCUT2D eigenvalue weighted by Gasteiger charge is -2.41. The summed E-state index contributed by atoms with van der Waals surface area (Å²) in [4.78, 5) is 0. The first-order valence-electron chi connectivity index (χ1n) is 9.59. The van der Waals surface area contributed by atoms with E-state index in [4.69, 9.17) is 4.12 Å². The largest absolute Gasteiger partial charge is 0.455 e. The fourth-order valence-corrected chi connectivity index (χ4v) is 11.9. The molecule has 0 aromatic carbocycles. The Morgan fingerprint density at radius 3 is 1.39 bits per heavy atom. The lowest BCUT2D eigenvalue weighted by molar-refractivity contribution is 0.480. The zero-order chi connectivity index (χ0) is 17.9. The molecule has 0 fully saturated rings. The minimum absolute atomic E-state index is 0.743. The molecule has 0 saturated heterocycles. The highest BCUT2D eigenvalue weighted by molar-refractivity contribution is 6.86. The van der Waals surface area contributed by atoms with Crippen LogP contribution in [0.25, 0.3) is 0 Å². The van der Waals surface area contributed by atoms with E-state index in [0.29, 0.717) is 0 Å². The second kappa shape index (κ2) is 11.4. The third-order valence-corrected chi connectivity index (χ3v) is 15.0. The van der Waals surface area contributed by atoms with Crippen LogP contribution in [0.15, 0.2) is 25.3 Å². The summed E-state index contributed by atoms with van der Waals surface area (Å²) < 4.78 is 6.90. The van der Waals surface area contributed by atoms with Crippen LogP contribution in [0.5, 0.6) is 0 Å². The molecule has 0 rings (SSSR count). The van der Waals surface area contributed by atoms with Crippen LogP contribution in [0.1, 0.15) is 65.2 Å². The van der Waals surface area contributed by atoms with E-state index >= 15 is 0 Å². The van der Waals surface area contributed by atoms with Crippen molar-refractivity contribution in [2.75, 3.05) is 0 Å². The van der Waals surface area contributed by atoms with Crippen molar-refractivity contribution >= 4 is 16.6 Å². The minimum Gasteiger partial charge on any atom is -0.455 e. The summed E-state index contributed by atoms with van der Waals surface area (Å²) in [5.74, 6) is 0. The number of rotatable bonds is 14. The van der Waals surface area contributed by atoms with Crippen LogP contribution < -0.4 is 0 Å². The van der Waals surface area contributed by atoms with Gasteiger partial charge >= 0.3 is 0 Å². The highest BCUT2D eigenvalue weighted by Gasteiger charge is 2.39. The normalized spacial score (nSPS) is 15.2. The quantitative estimate of drug-likeness (QED) is 0.176. The molecule has 0 bridgehead atoms. The SMILES string of the molecule is C=CCCCCC(C)[Si](C)(C)O[Si](C)(C)C(C)CCCCC=C. The topological polar surface area (TPSA) is 9.23 Å². The van der Waals surface area contributed by atoms with Gasteiger partial charge < -0.3 is 4.12 Å². The molecular weight excluding hydrogens is 312 g/mol. The van der Waals surface area contributed by atoms with E-state index in [1.165, 1.54) is 38.5 Å². The molecular formula is C20H42OSi2. The fourth-order valence-electron chi connectivity index (χ4n) is 3.05. The molecule has 1 nitrogen and oxygen atoms in total. The number of hydrogen-bond acceptors (Lipinski definition) is 1. The molecule has 3 heteroatoms. The van der Waals surface area contributed by atoms with Crippen molar-refractivity contribution < 1.29 is 4.12 Å². The van der Waals surface area contributed by atoms with E-state index in [1.807, 2.05) is 12.2 Å². The molecule has 0 aliphatic carbocycles. The van der Waals surface area contributed by atoms with Gasteiger partial charge in [0, 0.05) is 0 Å². The molecule has 0 aliphatic rings. The molecule has 0 radical (unpaired) electrons. The van der Waals surface area contributed by atoms with Crippen LogP contribution in [-0.2, 0) is 4.12 Å². The zero-order valence-corrected chi connectivity index (χ0v) is 18.8. The summed E-state index contributed by atoms with van der Waals surface area (Å²) in [6.07, 6.45) is 14.2. The van der Waals surface area contributed by atoms with Gasteiger partial charge in [0.2, 0.25) is 0 Å². The third kappa shape index (κ3) is 9.68. The molecule has 23 heavy (non-hydrogen) atoms. The first-order chi connectivity index (χ1) is 10.7.